The number of allylic oxidation sites excluding steroid dienone is 1. The lowest BCUT2D eigenvalue weighted by Gasteiger charge is -2.37. The molecular formula is C25H22B2. The first-order valence-corrected chi connectivity index (χ1v) is 9.49. The Morgan fingerprint density at radius 1 is 0.963 bits per heavy atom. The minimum Gasteiger partial charge on any atom is -0.0990 e. The number of benzene rings is 3. The van der Waals surface area contributed by atoms with Gasteiger partial charge in [-0.1, -0.05) is 86.3 Å². The average molecular weight is 344 g/mol. The van der Waals surface area contributed by atoms with Crippen LogP contribution in [0.1, 0.15) is 43.4 Å². The second-order valence-corrected chi connectivity index (χ2v) is 7.60. The molecule has 0 amide bonds. The topological polar surface area (TPSA) is 0 Å². The van der Waals surface area contributed by atoms with Crippen molar-refractivity contribution in [3.63, 3.8) is 0 Å². The van der Waals surface area contributed by atoms with E-state index in [2.05, 4.69) is 69.8 Å². The van der Waals surface area contributed by atoms with E-state index in [1.165, 1.54) is 27.1 Å². The minimum atomic E-state index is -1.05. The van der Waals surface area contributed by atoms with Gasteiger partial charge in [-0.2, -0.15) is 0 Å². The third kappa shape index (κ3) is 2.39. The van der Waals surface area contributed by atoms with Crippen molar-refractivity contribution in [2.45, 2.75) is 31.9 Å². The quantitative estimate of drug-likeness (QED) is 0.610. The van der Waals surface area contributed by atoms with Crippen molar-refractivity contribution in [3.8, 4) is 11.1 Å². The summed E-state index contributed by atoms with van der Waals surface area (Å²) in [4.78, 5) is 0. The molecule has 0 unspecified atom stereocenters. The van der Waals surface area contributed by atoms with Gasteiger partial charge in [0.1, 0.15) is 0 Å². The van der Waals surface area contributed by atoms with E-state index in [0.29, 0.717) is 5.92 Å². The molecule has 0 fully saturated rings. The Morgan fingerprint density at radius 2 is 1.67 bits per heavy atom. The van der Waals surface area contributed by atoms with Gasteiger partial charge in [-0.3, -0.25) is 0 Å². The van der Waals surface area contributed by atoms with Crippen LogP contribution in [0, 0.1) is 0 Å². The summed E-state index contributed by atoms with van der Waals surface area (Å²) < 4.78 is 0. The predicted molar refractivity (Wildman–Crippen MR) is 120 cm³/mol. The molecule has 0 atom stereocenters. The van der Waals surface area contributed by atoms with Crippen molar-refractivity contribution in [1.29, 1.82) is 0 Å². The first-order chi connectivity index (χ1) is 12.9. The molecule has 0 saturated carbocycles. The fourth-order valence-corrected chi connectivity index (χ4v) is 4.69. The number of hydrogen-bond acceptors (Lipinski definition) is 0. The second-order valence-electron chi connectivity index (χ2n) is 7.60. The monoisotopic (exact) mass is 344 g/mol. The zero-order valence-corrected chi connectivity index (χ0v) is 16.2. The standard InChI is InChI=1S/C25H22B2/c1-5-10-18-16(6-2)24-23-19(12-9-13-20(23)22(18)15(3)4)17-11-7-8-14-21(17)25(24,26)27/h5-15H,1H2,2-4H3/b16-6+,18-10+. The molecule has 1 aliphatic rings. The van der Waals surface area contributed by atoms with Crippen LogP contribution in [0.2, 0.25) is 0 Å². The van der Waals surface area contributed by atoms with Crippen molar-refractivity contribution in [1.82, 2.24) is 0 Å². The van der Waals surface area contributed by atoms with Crippen LogP contribution in [0.3, 0.4) is 0 Å². The third-order valence-electron chi connectivity index (χ3n) is 5.68. The molecular weight excluding hydrogens is 322 g/mol. The summed E-state index contributed by atoms with van der Waals surface area (Å²) in [6, 6.07) is 14.7. The number of rotatable bonds is 2. The number of hydrogen-bond donors (Lipinski definition) is 0. The molecule has 3 aromatic rings. The predicted octanol–water partition coefficient (Wildman–Crippen LogP) is 4.25. The van der Waals surface area contributed by atoms with E-state index in [-0.39, 0.29) is 0 Å². The molecule has 4 rings (SSSR count). The van der Waals surface area contributed by atoms with Gasteiger partial charge in [0.2, 0.25) is 0 Å². The molecule has 0 N–H and O–H groups in total. The van der Waals surface area contributed by atoms with E-state index in [1.807, 2.05) is 18.2 Å². The van der Waals surface area contributed by atoms with Gasteiger partial charge in [-0.15, -0.1) is 0 Å². The van der Waals surface area contributed by atoms with Gasteiger partial charge in [0.15, 0.2) is 0 Å². The average Bonchev–Trinajstić information content (AvgIpc) is 2.65. The molecule has 0 spiro atoms. The fourth-order valence-electron chi connectivity index (χ4n) is 4.69. The molecule has 0 heterocycles. The van der Waals surface area contributed by atoms with E-state index in [9.17, 15) is 0 Å². The lowest BCUT2D eigenvalue weighted by Crippen LogP contribution is -2.44. The van der Waals surface area contributed by atoms with Gasteiger partial charge in [-0.25, -0.2) is 0 Å². The van der Waals surface area contributed by atoms with Crippen LogP contribution in [-0.2, 0) is 5.21 Å². The molecule has 128 valence electrons. The van der Waals surface area contributed by atoms with E-state index >= 15 is 0 Å². The van der Waals surface area contributed by atoms with Crippen LogP contribution < -0.4 is 10.4 Å². The van der Waals surface area contributed by atoms with Crippen LogP contribution in [0.5, 0.6) is 0 Å². The van der Waals surface area contributed by atoms with Crippen molar-refractivity contribution in [2.75, 3.05) is 0 Å². The van der Waals surface area contributed by atoms with Crippen LogP contribution in [0.15, 0.2) is 55.1 Å². The highest BCUT2D eigenvalue weighted by Crippen LogP contribution is 2.45. The summed E-state index contributed by atoms with van der Waals surface area (Å²) >= 11 is 0. The van der Waals surface area contributed by atoms with Gasteiger partial charge in [0.25, 0.3) is 0 Å². The van der Waals surface area contributed by atoms with Crippen LogP contribution >= 0.6 is 0 Å². The van der Waals surface area contributed by atoms with Crippen molar-refractivity contribution < 1.29 is 0 Å². The Bertz CT molecular complexity index is 1200. The molecule has 2 heteroatoms. The lowest BCUT2D eigenvalue weighted by atomic mass is 9.44. The zero-order chi connectivity index (χ0) is 19.3. The maximum atomic E-state index is 6.85. The normalized spacial score (nSPS) is 16.0. The summed E-state index contributed by atoms with van der Waals surface area (Å²) in [5.41, 5.74) is 5.62. The zero-order valence-electron chi connectivity index (χ0n) is 16.2. The van der Waals surface area contributed by atoms with Gasteiger partial charge in [0, 0.05) is 0 Å². The highest BCUT2D eigenvalue weighted by molar-refractivity contribution is 6.44. The minimum absolute atomic E-state index is 0.362. The van der Waals surface area contributed by atoms with E-state index in [0.717, 1.165) is 21.9 Å². The molecule has 3 aromatic carbocycles. The summed E-state index contributed by atoms with van der Waals surface area (Å²) in [6.07, 6.45) is 6.07. The third-order valence-corrected chi connectivity index (χ3v) is 5.68. The molecule has 27 heavy (non-hydrogen) atoms. The second kappa shape index (κ2) is 6.30. The van der Waals surface area contributed by atoms with Crippen LogP contribution in [0.4, 0.5) is 0 Å². The van der Waals surface area contributed by atoms with Gasteiger partial charge in [-0.05, 0) is 61.9 Å². The summed E-state index contributed by atoms with van der Waals surface area (Å²) in [5, 5.41) is 3.63. The summed E-state index contributed by atoms with van der Waals surface area (Å²) in [6.45, 7) is 10.5. The van der Waals surface area contributed by atoms with Gasteiger partial charge in [0.05, 0.1) is 15.7 Å². The smallest absolute Gasteiger partial charge is 0.0746 e. The van der Waals surface area contributed by atoms with Gasteiger partial charge >= 0.3 is 0 Å². The highest BCUT2D eigenvalue weighted by atomic mass is 14.3. The first-order valence-electron chi connectivity index (χ1n) is 9.49. The van der Waals surface area contributed by atoms with Gasteiger partial charge < -0.3 is 0 Å². The Labute approximate surface area is 164 Å². The molecule has 4 radical (unpaired) electrons. The lowest BCUT2D eigenvalue weighted by molar-refractivity contribution is 0.863. The van der Waals surface area contributed by atoms with E-state index < -0.39 is 5.21 Å². The molecule has 0 aromatic heterocycles. The molecule has 0 aliphatic heterocycles. The Morgan fingerprint density at radius 3 is 2.33 bits per heavy atom. The molecule has 0 saturated heterocycles. The number of fused-ring (bicyclic) bond motifs is 2. The van der Waals surface area contributed by atoms with Crippen molar-refractivity contribution >= 4 is 38.6 Å². The largest absolute Gasteiger partial charge is 0.0990 e. The van der Waals surface area contributed by atoms with E-state index in [1.54, 1.807) is 0 Å². The van der Waals surface area contributed by atoms with Crippen LogP contribution in [0.25, 0.3) is 34.1 Å². The maximum Gasteiger partial charge on any atom is 0.0746 e. The van der Waals surface area contributed by atoms with Crippen molar-refractivity contribution in [3.05, 3.63) is 82.2 Å². The Kier molecular flexibility index (Phi) is 4.18. The Hall–Kier alpha value is -2.47. The highest BCUT2D eigenvalue weighted by Gasteiger charge is 2.34. The fraction of sp³-hybridized carbons (Fsp3) is 0.200. The first kappa shape index (κ1) is 17.9. The molecule has 0 nitrogen and oxygen atoms in total. The molecule has 1 aliphatic carbocycles. The van der Waals surface area contributed by atoms with Crippen molar-refractivity contribution in [2.24, 2.45) is 0 Å². The summed E-state index contributed by atoms with van der Waals surface area (Å²) in [5.74, 6) is 0.362. The SMILES string of the molecule is [B]C1([B])c2ccccc2-c2cccc3c(C(C)C)c(=C/C=C)/c(=C\C)c1c23. The van der Waals surface area contributed by atoms with E-state index in [4.69, 9.17) is 15.7 Å². The summed E-state index contributed by atoms with van der Waals surface area (Å²) in [7, 11) is 13.7. The Balaban J connectivity index is 2.41. The van der Waals surface area contributed by atoms with Crippen LogP contribution in [-0.4, -0.2) is 15.7 Å². The molecule has 0 bridgehead atoms. The maximum absolute atomic E-state index is 6.85.